The molecule has 5 aliphatic rings. The van der Waals surface area contributed by atoms with Crippen molar-refractivity contribution in [3.8, 4) is 0 Å². The second kappa shape index (κ2) is 7.57. The van der Waals surface area contributed by atoms with Crippen molar-refractivity contribution in [3.05, 3.63) is 11.6 Å². The second-order valence-electron chi connectivity index (χ2n) is 15.1. The topological polar surface area (TPSA) is 98.0 Å². The van der Waals surface area contributed by atoms with Crippen LogP contribution < -0.4 is 0 Å². The van der Waals surface area contributed by atoms with E-state index in [0.29, 0.717) is 12.3 Å². The van der Waals surface area contributed by atoms with Crippen molar-refractivity contribution in [2.24, 2.45) is 50.2 Å². The number of carbonyl (C=O) groups is 1. The molecule has 10 atom stereocenters. The molecule has 0 unspecified atom stereocenters. The van der Waals surface area contributed by atoms with Crippen LogP contribution in [0.4, 0.5) is 0 Å². The summed E-state index contributed by atoms with van der Waals surface area (Å²) in [6, 6.07) is 0. The number of aliphatic carboxylic acids is 1. The van der Waals surface area contributed by atoms with E-state index in [2.05, 4.69) is 40.7 Å². The summed E-state index contributed by atoms with van der Waals surface area (Å²) < 4.78 is 0. The second-order valence-corrected chi connectivity index (χ2v) is 15.1. The number of carboxylic acid groups (broad SMARTS) is 1. The van der Waals surface area contributed by atoms with Gasteiger partial charge in [0.25, 0.3) is 0 Å². The van der Waals surface area contributed by atoms with E-state index < -0.39 is 29.0 Å². The zero-order chi connectivity index (χ0) is 25.8. The van der Waals surface area contributed by atoms with Crippen LogP contribution in [0.5, 0.6) is 0 Å². The summed E-state index contributed by atoms with van der Waals surface area (Å²) in [6.45, 7) is 13.6. The monoisotopic (exact) mass is 488 g/mol. The molecule has 4 fully saturated rings. The zero-order valence-corrected chi connectivity index (χ0v) is 22.7. The molecule has 0 aliphatic heterocycles. The summed E-state index contributed by atoms with van der Waals surface area (Å²) in [6.07, 6.45) is 8.40. The van der Waals surface area contributed by atoms with Gasteiger partial charge in [-0.15, -0.1) is 0 Å². The average molecular weight is 489 g/mol. The van der Waals surface area contributed by atoms with E-state index in [1.807, 2.05) is 6.92 Å². The van der Waals surface area contributed by atoms with Crippen LogP contribution in [0.25, 0.3) is 0 Å². The van der Waals surface area contributed by atoms with Gasteiger partial charge < -0.3 is 20.4 Å². The Morgan fingerprint density at radius 3 is 2.23 bits per heavy atom. The van der Waals surface area contributed by atoms with Gasteiger partial charge in [0.05, 0.1) is 24.2 Å². The number of rotatable bonds is 2. The standard InChI is InChI=1S/C30H48O5/c1-25(2)11-13-30(24(34)35)14-12-28(5)18(19(30)15-25)7-8-22-26(3)16-20(32)23(33)27(4,17-31)21(26)9-10-29(22,28)6/h7,19-23,31-33H,8-17H2,1-6H3,(H,34,35)/t19-,20-,21-,22+,23-,26-,27+,28+,29+,30-/m0/s1. The molecule has 0 aromatic carbocycles. The molecule has 198 valence electrons. The van der Waals surface area contributed by atoms with Crippen molar-refractivity contribution in [2.75, 3.05) is 6.61 Å². The maximum atomic E-state index is 12.8. The number of allylic oxidation sites excluding steroid dienone is 2. The molecular weight excluding hydrogens is 440 g/mol. The van der Waals surface area contributed by atoms with E-state index in [0.717, 1.165) is 51.4 Å². The fraction of sp³-hybridized carbons (Fsp3) is 0.900. The van der Waals surface area contributed by atoms with Crippen LogP contribution in [-0.2, 0) is 4.79 Å². The first-order valence-corrected chi connectivity index (χ1v) is 14.0. The molecule has 0 aromatic heterocycles. The van der Waals surface area contributed by atoms with Gasteiger partial charge in [0.15, 0.2) is 0 Å². The van der Waals surface area contributed by atoms with Gasteiger partial charge in [0, 0.05) is 5.41 Å². The molecule has 0 heterocycles. The SMILES string of the molecule is CC1(C)CC[C@]2(C(=O)O)CC[C@]3(C)C(=CC[C@@H]4[C@@]5(C)C[C@H](O)[C@H](O)[C@](C)(CO)[C@H]5CC[C@]43C)[C@@H]2C1. The lowest BCUT2D eigenvalue weighted by Crippen LogP contribution is -2.68. The number of aliphatic hydroxyl groups excluding tert-OH is 3. The molecule has 0 amide bonds. The Morgan fingerprint density at radius 1 is 0.943 bits per heavy atom. The zero-order valence-electron chi connectivity index (χ0n) is 22.7. The molecule has 5 nitrogen and oxygen atoms in total. The summed E-state index contributed by atoms with van der Waals surface area (Å²) in [4.78, 5) is 12.8. The highest BCUT2D eigenvalue weighted by atomic mass is 16.4. The van der Waals surface area contributed by atoms with Crippen LogP contribution in [0.15, 0.2) is 11.6 Å². The average Bonchev–Trinajstić information content (AvgIpc) is 2.77. The largest absolute Gasteiger partial charge is 0.481 e. The van der Waals surface area contributed by atoms with Crippen molar-refractivity contribution in [1.29, 1.82) is 0 Å². The third kappa shape index (κ3) is 3.07. The van der Waals surface area contributed by atoms with Gasteiger partial charge in [0.1, 0.15) is 0 Å². The third-order valence-electron chi connectivity index (χ3n) is 13.2. The van der Waals surface area contributed by atoms with Crippen molar-refractivity contribution < 1.29 is 25.2 Å². The van der Waals surface area contributed by atoms with Crippen LogP contribution in [0, 0.1) is 50.2 Å². The molecule has 4 N–H and O–H groups in total. The highest BCUT2D eigenvalue weighted by molar-refractivity contribution is 5.76. The molecule has 0 aromatic rings. The number of aliphatic hydroxyl groups is 3. The van der Waals surface area contributed by atoms with Crippen molar-refractivity contribution >= 4 is 5.97 Å². The van der Waals surface area contributed by atoms with Crippen LogP contribution in [0.1, 0.15) is 99.3 Å². The van der Waals surface area contributed by atoms with Crippen molar-refractivity contribution in [3.63, 3.8) is 0 Å². The van der Waals surface area contributed by atoms with Gasteiger partial charge in [0.2, 0.25) is 0 Å². The summed E-state index contributed by atoms with van der Waals surface area (Å²) in [5.41, 5.74) is -0.0632. The Morgan fingerprint density at radius 2 is 1.60 bits per heavy atom. The molecule has 5 rings (SSSR count). The van der Waals surface area contributed by atoms with E-state index in [4.69, 9.17) is 0 Å². The van der Waals surface area contributed by atoms with Gasteiger partial charge in [-0.1, -0.05) is 53.2 Å². The van der Waals surface area contributed by atoms with E-state index in [1.54, 1.807) is 0 Å². The molecule has 0 bridgehead atoms. The van der Waals surface area contributed by atoms with Gasteiger partial charge >= 0.3 is 5.97 Å². The number of hydrogen-bond donors (Lipinski definition) is 4. The summed E-state index contributed by atoms with van der Waals surface area (Å²) in [7, 11) is 0. The Hall–Kier alpha value is -0.910. The molecule has 0 radical (unpaired) electrons. The van der Waals surface area contributed by atoms with Crippen LogP contribution >= 0.6 is 0 Å². The first kappa shape index (κ1) is 25.7. The third-order valence-corrected chi connectivity index (χ3v) is 13.2. The molecule has 5 heteroatoms. The Labute approximate surface area is 211 Å². The number of fused-ring (bicyclic) bond motifs is 7. The van der Waals surface area contributed by atoms with Gasteiger partial charge in [-0.2, -0.15) is 0 Å². The molecular formula is C30H48O5. The van der Waals surface area contributed by atoms with Gasteiger partial charge in [-0.3, -0.25) is 4.79 Å². The van der Waals surface area contributed by atoms with E-state index in [9.17, 15) is 25.2 Å². The smallest absolute Gasteiger partial charge is 0.310 e. The maximum absolute atomic E-state index is 12.8. The highest BCUT2D eigenvalue weighted by Gasteiger charge is 2.70. The molecule has 4 saturated carbocycles. The summed E-state index contributed by atoms with van der Waals surface area (Å²) >= 11 is 0. The lowest BCUT2D eigenvalue weighted by atomic mass is 9.33. The molecule has 35 heavy (non-hydrogen) atoms. The fourth-order valence-corrected chi connectivity index (χ4v) is 10.8. The summed E-state index contributed by atoms with van der Waals surface area (Å²) in [5, 5.41) is 42.8. The van der Waals surface area contributed by atoms with Crippen LogP contribution in [-0.4, -0.2) is 45.2 Å². The van der Waals surface area contributed by atoms with Crippen LogP contribution in [0.3, 0.4) is 0 Å². The Bertz CT molecular complexity index is 941. The Kier molecular flexibility index (Phi) is 5.56. The minimum absolute atomic E-state index is 0.00698. The minimum atomic E-state index is -0.907. The molecule has 0 saturated heterocycles. The van der Waals surface area contributed by atoms with Crippen LogP contribution in [0.2, 0.25) is 0 Å². The van der Waals surface area contributed by atoms with Crippen molar-refractivity contribution in [1.82, 2.24) is 0 Å². The quantitative estimate of drug-likeness (QED) is 0.402. The molecule has 0 spiro atoms. The van der Waals surface area contributed by atoms with Gasteiger partial charge in [-0.25, -0.2) is 0 Å². The van der Waals surface area contributed by atoms with E-state index in [-0.39, 0.29) is 40.1 Å². The number of hydrogen-bond acceptors (Lipinski definition) is 4. The van der Waals surface area contributed by atoms with E-state index >= 15 is 0 Å². The predicted octanol–water partition coefficient (Wildman–Crippen LogP) is 5.18. The van der Waals surface area contributed by atoms with Crippen molar-refractivity contribution in [2.45, 2.75) is 112 Å². The fourth-order valence-electron chi connectivity index (χ4n) is 10.8. The first-order chi connectivity index (χ1) is 16.1. The number of carboxylic acids is 1. The maximum Gasteiger partial charge on any atom is 0.310 e. The predicted molar refractivity (Wildman–Crippen MR) is 135 cm³/mol. The lowest BCUT2D eigenvalue weighted by Gasteiger charge is -2.71. The Balaban J connectivity index is 1.61. The normalized spacial score (nSPS) is 55.0. The minimum Gasteiger partial charge on any atom is -0.481 e. The first-order valence-electron chi connectivity index (χ1n) is 14.0. The lowest BCUT2D eigenvalue weighted by molar-refractivity contribution is -0.243. The highest BCUT2D eigenvalue weighted by Crippen LogP contribution is 2.75. The van der Waals surface area contributed by atoms with E-state index in [1.165, 1.54) is 5.57 Å². The van der Waals surface area contributed by atoms with Gasteiger partial charge in [-0.05, 0) is 97.2 Å². The summed E-state index contributed by atoms with van der Waals surface area (Å²) in [5.74, 6) is -0.0472. The molecule has 5 aliphatic carbocycles.